The van der Waals surface area contributed by atoms with E-state index >= 15 is 0 Å². The molecule has 2 amide bonds. The zero-order valence-corrected chi connectivity index (χ0v) is 20.0. The summed E-state index contributed by atoms with van der Waals surface area (Å²) in [5.74, 6) is -0.0637. The summed E-state index contributed by atoms with van der Waals surface area (Å²) in [6.07, 6.45) is 0.242. The minimum Gasteiger partial charge on any atom is -0.444 e. The highest BCUT2D eigenvalue weighted by Gasteiger charge is 2.52. The highest BCUT2D eigenvalue weighted by Crippen LogP contribution is 2.36. The van der Waals surface area contributed by atoms with Crippen molar-refractivity contribution >= 4 is 24.6 Å². The third-order valence-corrected chi connectivity index (χ3v) is 6.23. The number of carbonyl (C=O) groups excluding carboxylic acids is 2. The molecule has 0 aromatic heterocycles. The monoisotopic (exact) mass is 430 g/mol. The second kappa shape index (κ2) is 8.13. The number of nitrogens with zero attached hydrogens (tertiary/aromatic N) is 1. The van der Waals surface area contributed by atoms with Gasteiger partial charge in [0.25, 0.3) is 5.91 Å². The van der Waals surface area contributed by atoms with Gasteiger partial charge >= 0.3 is 13.2 Å². The first kappa shape index (κ1) is 23.6. The molecule has 2 aliphatic rings. The van der Waals surface area contributed by atoms with Gasteiger partial charge in [-0.3, -0.25) is 4.79 Å². The third kappa shape index (κ3) is 5.23. The average molecular weight is 430 g/mol. The SMILES string of the molecule is Cc1ccc(C(=O)N2CC[C@H](NC(=O)OC(C)(C)C)C2)cc1B1OC(C)(C)C(C)(C)O1. The molecular weight excluding hydrogens is 395 g/mol. The second-order valence-electron chi connectivity index (χ2n) is 10.5. The zero-order valence-electron chi connectivity index (χ0n) is 20.0. The Morgan fingerprint density at radius 3 is 2.35 bits per heavy atom. The molecule has 0 unspecified atom stereocenters. The van der Waals surface area contributed by atoms with Gasteiger partial charge in [0.05, 0.1) is 17.2 Å². The van der Waals surface area contributed by atoms with Crippen LogP contribution < -0.4 is 10.8 Å². The maximum atomic E-state index is 13.1. The molecule has 0 radical (unpaired) electrons. The summed E-state index contributed by atoms with van der Waals surface area (Å²) < 4.78 is 17.7. The predicted octanol–water partition coefficient (Wildman–Crippen LogP) is 3.03. The Bertz CT molecular complexity index is 846. The standard InChI is InChI=1S/C23H35BN2O5/c1-15-9-10-16(13-18(15)24-30-22(5,6)23(7,8)31-24)19(27)26-12-11-17(14-26)25-20(28)29-21(2,3)4/h9-10,13,17H,11-12,14H2,1-8H3,(H,25,28)/t17-/m0/s1. The van der Waals surface area contributed by atoms with Crippen LogP contribution in [0.5, 0.6) is 0 Å². The van der Waals surface area contributed by atoms with Gasteiger partial charge in [0, 0.05) is 18.7 Å². The van der Waals surface area contributed by atoms with Crippen LogP contribution in [0.4, 0.5) is 4.79 Å². The van der Waals surface area contributed by atoms with Gasteiger partial charge in [-0.2, -0.15) is 0 Å². The molecule has 2 saturated heterocycles. The Kier molecular flexibility index (Phi) is 6.19. The Labute approximate surface area is 185 Å². The number of nitrogens with one attached hydrogen (secondary N) is 1. The van der Waals surface area contributed by atoms with Gasteiger partial charge in [0.2, 0.25) is 0 Å². The number of amides is 2. The number of aryl methyl sites for hydroxylation is 1. The van der Waals surface area contributed by atoms with E-state index in [1.807, 2.05) is 73.6 Å². The topological polar surface area (TPSA) is 77.1 Å². The van der Waals surface area contributed by atoms with Crippen molar-refractivity contribution in [3.05, 3.63) is 29.3 Å². The van der Waals surface area contributed by atoms with E-state index in [0.29, 0.717) is 25.1 Å². The van der Waals surface area contributed by atoms with Gasteiger partial charge in [0.1, 0.15) is 5.60 Å². The van der Waals surface area contributed by atoms with Crippen LogP contribution in [0.3, 0.4) is 0 Å². The molecule has 2 heterocycles. The third-order valence-electron chi connectivity index (χ3n) is 6.23. The fraction of sp³-hybridized carbons (Fsp3) is 0.652. The lowest BCUT2D eigenvalue weighted by molar-refractivity contribution is 0.00578. The zero-order chi connectivity index (χ0) is 23.2. The summed E-state index contributed by atoms with van der Waals surface area (Å²) in [6.45, 7) is 16.6. The first-order valence-corrected chi connectivity index (χ1v) is 10.9. The fourth-order valence-electron chi connectivity index (χ4n) is 3.72. The van der Waals surface area contributed by atoms with Crippen molar-refractivity contribution in [2.75, 3.05) is 13.1 Å². The summed E-state index contributed by atoms with van der Waals surface area (Å²) in [7, 11) is -0.516. The molecular formula is C23H35BN2O5. The molecule has 8 heteroatoms. The minimum absolute atomic E-state index is 0.0637. The normalized spacial score (nSPS) is 22.5. The predicted molar refractivity (Wildman–Crippen MR) is 121 cm³/mol. The molecule has 2 fully saturated rings. The van der Waals surface area contributed by atoms with Crippen molar-refractivity contribution in [3.8, 4) is 0 Å². The molecule has 0 bridgehead atoms. The summed E-state index contributed by atoms with van der Waals surface area (Å²) in [4.78, 5) is 26.9. The molecule has 1 aromatic rings. The molecule has 0 aliphatic carbocycles. The van der Waals surface area contributed by atoms with Crippen molar-refractivity contribution in [2.24, 2.45) is 0 Å². The number of hydrogen-bond acceptors (Lipinski definition) is 5. The summed E-state index contributed by atoms with van der Waals surface area (Å²) in [5, 5.41) is 2.86. The molecule has 2 aliphatic heterocycles. The lowest BCUT2D eigenvalue weighted by Crippen LogP contribution is -2.41. The highest BCUT2D eigenvalue weighted by molar-refractivity contribution is 6.62. The van der Waals surface area contributed by atoms with Crippen molar-refractivity contribution in [1.29, 1.82) is 0 Å². The number of carbonyl (C=O) groups is 2. The Morgan fingerprint density at radius 1 is 1.16 bits per heavy atom. The first-order chi connectivity index (χ1) is 14.2. The molecule has 1 atom stereocenters. The number of ether oxygens (including phenoxy) is 1. The lowest BCUT2D eigenvalue weighted by atomic mass is 9.75. The smallest absolute Gasteiger partial charge is 0.444 e. The van der Waals surface area contributed by atoms with Crippen LogP contribution in [0.25, 0.3) is 0 Å². The van der Waals surface area contributed by atoms with Crippen LogP contribution in [0.1, 0.15) is 70.8 Å². The Balaban J connectivity index is 1.68. The van der Waals surface area contributed by atoms with E-state index in [9.17, 15) is 9.59 Å². The summed E-state index contributed by atoms with van der Waals surface area (Å²) in [6, 6.07) is 5.52. The largest absolute Gasteiger partial charge is 0.495 e. The van der Waals surface area contributed by atoms with Crippen LogP contribution in [0.15, 0.2) is 18.2 Å². The van der Waals surface area contributed by atoms with Crippen molar-refractivity contribution < 1.29 is 23.6 Å². The molecule has 170 valence electrons. The Hall–Kier alpha value is -2.06. The van der Waals surface area contributed by atoms with Crippen molar-refractivity contribution in [3.63, 3.8) is 0 Å². The molecule has 1 aromatic carbocycles. The van der Waals surface area contributed by atoms with Gasteiger partial charge in [-0.05, 0) is 79.4 Å². The average Bonchev–Trinajstić information content (AvgIpc) is 3.14. The second-order valence-corrected chi connectivity index (χ2v) is 10.5. The fourth-order valence-corrected chi connectivity index (χ4v) is 3.72. The van der Waals surface area contributed by atoms with E-state index in [1.54, 1.807) is 4.90 Å². The van der Waals surface area contributed by atoms with Crippen LogP contribution in [0, 0.1) is 6.92 Å². The van der Waals surface area contributed by atoms with E-state index in [-0.39, 0.29) is 11.9 Å². The number of alkyl carbamates (subject to hydrolysis) is 1. The number of benzene rings is 1. The van der Waals surface area contributed by atoms with Gasteiger partial charge in [-0.25, -0.2) is 4.79 Å². The highest BCUT2D eigenvalue weighted by atomic mass is 16.7. The van der Waals surface area contributed by atoms with Crippen LogP contribution in [-0.4, -0.2) is 60.0 Å². The van der Waals surface area contributed by atoms with Crippen molar-refractivity contribution in [1.82, 2.24) is 10.2 Å². The van der Waals surface area contributed by atoms with E-state index in [4.69, 9.17) is 14.0 Å². The maximum Gasteiger partial charge on any atom is 0.495 e. The molecule has 7 nitrogen and oxygen atoms in total. The van der Waals surface area contributed by atoms with Gasteiger partial charge < -0.3 is 24.3 Å². The van der Waals surface area contributed by atoms with E-state index < -0.39 is 30.0 Å². The van der Waals surface area contributed by atoms with Crippen LogP contribution in [0.2, 0.25) is 0 Å². The van der Waals surface area contributed by atoms with Gasteiger partial charge in [-0.15, -0.1) is 0 Å². The number of rotatable bonds is 3. The summed E-state index contributed by atoms with van der Waals surface area (Å²) >= 11 is 0. The van der Waals surface area contributed by atoms with Crippen LogP contribution in [-0.2, 0) is 14.0 Å². The summed E-state index contributed by atoms with van der Waals surface area (Å²) in [5.41, 5.74) is 1.03. The van der Waals surface area contributed by atoms with E-state index in [1.165, 1.54) is 0 Å². The van der Waals surface area contributed by atoms with Gasteiger partial charge in [0.15, 0.2) is 0 Å². The maximum absolute atomic E-state index is 13.1. The number of likely N-dealkylation sites (tertiary alicyclic amines) is 1. The van der Waals surface area contributed by atoms with Crippen molar-refractivity contribution in [2.45, 2.75) is 84.7 Å². The minimum atomic E-state index is -0.552. The quantitative estimate of drug-likeness (QED) is 0.746. The Morgan fingerprint density at radius 2 is 1.77 bits per heavy atom. The van der Waals surface area contributed by atoms with Crippen LogP contribution >= 0.6 is 0 Å². The molecule has 3 rings (SSSR count). The molecule has 0 spiro atoms. The van der Waals surface area contributed by atoms with Gasteiger partial charge in [-0.1, -0.05) is 11.6 Å². The first-order valence-electron chi connectivity index (χ1n) is 10.9. The molecule has 31 heavy (non-hydrogen) atoms. The number of hydrogen-bond donors (Lipinski definition) is 1. The lowest BCUT2D eigenvalue weighted by Gasteiger charge is -2.32. The van der Waals surface area contributed by atoms with E-state index in [0.717, 1.165) is 11.0 Å². The molecule has 1 N–H and O–H groups in total. The molecule has 0 saturated carbocycles. The van der Waals surface area contributed by atoms with E-state index in [2.05, 4.69) is 5.32 Å².